The molecule has 22 heteroatoms. The van der Waals surface area contributed by atoms with Crippen LogP contribution in [0.2, 0.25) is 5.02 Å². The number of hydrogen-bond acceptors (Lipinski definition) is 17. The molecule has 0 saturated carbocycles. The standard InChI is InChI=1S/C30H31ClN8O10S2.Na/c1-30(2,28(46)47)49-36-19(15-12-51-29(32)33-15)24(42)35-20-25(43)38-21(27(44)45)13(11-50-26(20)38)9-39(7-3-4-8-39)10-17-34-23(37-48-17)14-5-6-16(40)22(41)18(14)31;/h5-6,12,20,26H,3-4,7-11H2,1-2H3,(H6-,32,33,35,36,37,40,41,42,44,45,46,47);/q;+1/p-1/t20-,26-;/m1./s1. The number of aromatic hydroxyl groups is 2. The summed E-state index contributed by atoms with van der Waals surface area (Å²) in [5.74, 6) is -5.17. The molecule has 1 aromatic carbocycles. The maximum absolute atomic E-state index is 13.5. The van der Waals surface area contributed by atoms with Crippen LogP contribution in [0.25, 0.3) is 11.4 Å². The smallest absolute Gasteiger partial charge is 0.546 e. The predicted molar refractivity (Wildman–Crippen MR) is 176 cm³/mol. The minimum atomic E-state index is -1.91. The summed E-state index contributed by atoms with van der Waals surface area (Å²) < 4.78 is 5.87. The molecule has 3 aliphatic heterocycles. The van der Waals surface area contributed by atoms with Crippen molar-refractivity contribution < 1.29 is 83.0 Å². The fourth-order valence-electron chi connectivity index (χ4n) is 6.03. The number of carboxylic acids is 2. The van der Waals surface area contributed by atoms with Gasteiger partial charge in [-0.2, -0.15) is 4.98 Å². The van der Waals surface area contributed by atoms with E-state index >= 15 is 0 Å². The van der Waals surface area contributed by atoms with Gasteiger partial charge in [-0.05, 0) is 26.0 Å². The first kappa shape index (κ1) is 39.3. The summed E-state index contributed by atoms with van der Waals surface area (Å²) in [5, 5.41) is 54.5. The largest absolute Gasteiger partial charge is 1.00 e. The SMILES string of the molecule is CC(C)(O/N=C(\C(=O)N[C@@H]1C(=O)N2C(C(=O)[O-])=C(C[N+]3(Cc4nc(-c5ccc(O)c(O)c5Cl)no4)CCCC3)CS[C@H]12)c1csc(N)n1)C(=O)[O-].[Na+]. The Hall–Kier alpha value is -3.92. The summed E-state index contributed by atoms with van der Waals surface area (Å²) in [6.45, 7) is 4.12. The number of aromatic nitrogens is 3. The number of nitrogens with one attached hydrogen (secondary N) is 1. The van der Waals surface area contributed by atoms with Crippen LogP contribution in [0, 0.1) is 0 Å². The number of quaternary nitrogens is 1. The third-order valence-electron chi connectivity index (χ3n) is 8.68. The fraction of sp³-hybridized carbons (Fsp3) is 0.400. The Morgan fingerprint density at radius 1 is 1.21 bits per heavy atom. The number of thioether (sulfide) groups is 1. The molecular weight excluding hydrogens is 755 g/mol. The van der Waals surface area contributed by atoms with Crippen LogP contribution in [-0.4, -0.2) is 107 Å². The van der Waals surface area contributed by atoms with Crippen molar-refractivity contribution in [2.75, 3.05) is 31.1 Å². The van der Waals surface area contributed by atoms with E-state index in [0.717, 1.165) is 29.1 Å². The molecule has 52 heavy (non-hydrogen) atoms. The molecule has 18 nitrogen and oxygen atoms in total. The third kappa shape index (κ3) is 7.59. The number of carbonyl (C=O) groups is 4. The van der Waals surface area contributed by atoms with E-state index in [1.54, 1.807) is 0 Å². The number of phenolic OH excluding ortho intramolecular Hbond substituents is 2. The number of carboxylic acid groups (broad SMARTS) is 2. The van der Waals surface area contributed by atoms with E-state index in [2.05, 4.69) is 25.6 Å². The number of nitrogens with two attached hydrogens (primary N) is 1. The Kier molecular flexibility index (Phi) is 11.5. The van der Waals surface area contributed by atoms with Gasteiger partial charge < -0.3 is 54.9 Å². The van der Waals surface area contributed by atoms with Crippen LogP contribution < -0.4 is 50.8 Å². The summed E-state index contributed by atoms with van der Waals surface area (Å²) in [4.78, 5) is 65.5. The summed E-state index contributed by atoms with van der Waals surface area (Å²) in [6, 6.07) is 1.52. The van der Waals surface area contributed by atoms with Crippen molar-refractivity contribution in [1.29, 1.82) is 0 Å². The second kappa shape index (κ2) is 15.2. The molecule has 0 aliphatic carbocycles. The Labute approximate surface area is 330 Å². The van der Waals surface area contributed by atoms with Gasteiger partial charge in [-0.3, -0.25) is 14.5 Å². The molecule has 5 heterocycles. The minimum Gasteiger partial charge on any atom is -0.546 e. The monoisotopic (exact) mass is 784 g/mol. The van der Waals surface area contributed by atoms with Crippen LogP contribution in [0.3, 0.4) is 0 Å². The van der Waals surface area contributed by atoms with Gasteiger partial charge in [0.15, 0.2) is 34.5 Å². The molecule has 2 atom stereocenters. The molecule has 0 bridgehead atoms. The zero-order valence-electron chi connectivity index (χ0n) is 28.0. The van der Waals surface area contributed by atoms with Crippen LogP contribution in [0.15, 0.2) is 38.5 Å². The zero-order valence-corrected chi connectivity index (χ0v) is 32.3. The molecule has 6 rings (SSSR count). The number of nitrogen functional groups attached to an aromatic ring is 1. The number of anilines is 1. The molecule has 2 aromatic heterocycles. The number of aliphatic carboxylic acids is 2. The molecule has 3 aliphatic rings. The van der Waals surface area contributed by atoms with Crippen LogP contribution in [0.1, 0.15) is 38.3 Å². The number of phenols is 2. The number of carbonyl (C=O) groups excluding carboxylic acids is 4. The van der Waals surface area contributed by atoms with E-state index in [0.29, 0.717) is 23.1 Å². The van der Waals surface area contributed by atoms with E-state index in [9.17, 15) is 39.6 Å². The average molecular weight is 785 g/mol. The quantitative estimate of drug-likeness (QED) is 0.0344. The molecule has 5 N–H and O–H groups in total. The fourth-order valence-corrected chi connectivity index (χ4v) is 8.15. The van der Waals surface area contributed by atoms with Crippen molar-refractivity contribution in [2.45, 2.75) is 50.3 Å². The second-order valence-corrected chi connectivity index (χ2v) is 15.0. The second-order valence-electron chi connectivity index (χ2n) is 12.6. The zero-order chi connectivity index (χ0) is 36.8. The van der Waals surface area contributed by atoms with Gasteiger partial charge >= 0.3 is 29.6 Å². The van der Waals surface area contributed by atoms with E-state index in [1.165, 1.54) is 43.1 Å². The van der Waals surface area contributed by atoms with Gasteiger partial charge in [0, 0.05) is 35.1 Å². The number of likely N-dealkylation sites (tertiary alicyclic amines) is 1. The number of hydrogen-bond donors (Lipinski definition) is 4. The Balaban J connectivity index is 0.00000523. The van der Waals surface area contributed by atoms with Crippen molar-refractivity contribution in [3.05, 3.63) is 45.4 Å². The maximum atomic E-state index is 13.5. The van der Waals surface area contributed by atoms with E-state index in [4.69, 9.17) is 26.7 Å². The number of rotatable bonds is 12. The normalized spacial score (nSPS) is 19.8. The number of amides is 2. The predicted octanol–water partition coefficient (Wildman–Crippen LogP) is -3.69. The van der Waals surface area contributed by atoms with Crippen LogP contribution in [0.5, 0.6) is 11.5 Å². The van der Waals surface area contributed by atoms with Crippen molar-refractivity contribution >= 4 is 69.3 Å². The number of halogens is 1. The summed E-state index contributed by atoms with van der Waals surface area (Å²) >= 11 is 8.42. The molecule has 2 fully saturated rings. The number of nitrogens with zero attached hydrogens (tertiary/aromatic N) is 6. The van der Waals surface area contributed by atoms with Gasteiger partial charge in [0.1, 0.15) is 23.7 Å². The van der Waals surface area contributed by atoms with Gasteiger partial charge in [0.05, 0.1) is 35.7 Å². The Bertz CT molecular complexity index is 2000. The van der Waals surface area contributed by atoms with Crippen molar-refractivity contribution in [3.63, 3.8) is 0 Å². The number of benzene rings is 1. The molecule has 2 saturated heterocycles. The van der Waals surface area contributed by atoms with Crippen molar-refractivity contribution in [3.8, 4) is 22.9 Å². The average Bonchev–Trinajstić information content (AvgIpc) is 3.84. The topological polar surface area (TPSA) is 270 Å². The van der Waals surface area contributed by atoms with E-state index in [1.807, 2.05) is 0 Å². The third-order valence-corrected chi connectivity index (χ3v) is 11.1. The van der Waals surface area contributed by atoms with Crippen molar-refractivity contribution in [2.24, 2.45) is 5.16 Å². The van der Waals surface area contributed by atoms with Crippen LogP contribution >= 0.6 is 34.7 Å². The minimum absolute atomic E-state index is 0. The summed E-state index contributed by atoms with van der Waals surface area (Å²) in [7, 11) is 0. The molecule has 0 radical (unpaired) electrons. The first-order valence-electron chi connectivity index (χ1n) is 15.4. The van der Waals surface area contributed by atoms with Gasteiger partial charge in [0.25, 0.3) is 17.7 Å². The number of fused-ring (bicyclic) bond motifs is 1. The first-order valence-corrected chi connectivity index (χ1v) is 17.7. The van der Waals surface area contributed by atoms with Crippen molar-refractivity contribution in [1.82, 2.24) is 25.3 Å². The summed E-state index contributed by atoms with van der Waals surface area (Å²) in [5.41, 5.74) is 3.75. The first-order chi connectivity index (χ1) is 24.1. The van der Waals surface area contributed by atoms with Gasteiger partial charge in [-0.15, -0.1) is 23.1 Å². The van der Waals surface area contributed by atoms with Gasteiger partial charge in [-0.25, -0.2) is 4.98 Å². The number of β-lactam (4-membered cyclic amide) rings is 1. The Morgan fingerprint density at radius 2 is 1.92 bits per heavy atom. The Morgan fingerprint density at radius 3 is 2.56 bits per heavy atom. The van der Waals surface area contributed by atoms with Crippen LogP contribution in [0.4, 0.5) is 5.13 Å². The maximum Gasteiger partial charge on any atom is 1.00 e. The number of thiazole rings is 1. The van der Waals surface area contributed by atoms with Gasteiger partial charge in [-0.1, -0.05) is 21.9 Å². The van der Waals surface area contributed by atoms with E-state index in [-0.39, 0.29) is 87.2 Å². The van der Waals surface area contributed by atoms with Gasteiger partial charge in [0.2, 0.25) is 5.82 Å². The molecule has 2 amide bonds. The number of oxime groups is 1. The van der Waals surface area contributed by atoms with Crippen LogP contribution in [-0.2, 0) is 30.6 Å². The molecule has 270 valence electrons. The molecule has 0 unspecified atom stereocenters. The van der Waals surface area contributed by atoms with E-state index < -0.39 is 58.0 Å². The molecule has 3 aromatic rings. The molecular formula is C30H30ClN8NaO10S2. The molecule has 0 spiro atoms. The summed E-state index contributed by atoms with van der Waals surface area (Å²) in [6.07, 6.45) is 1.69.